The van der Waals surface area contributed by atoms with Gasteiger partial charge in [-0.05, 0) is 29.9 Å². The molecule has 0 aromatic heterocycles. The molecule has 0 aliphatic carbocycles. The summed E-state index contributed by atoms with van der Waals surface area (Å²) >= 11 is 0. The van der Waals surface area contributed by atoms with Crippen molar-refractivity contribution in [2.45, 2.75) is 52.6 Å². The summed E-state index contributed by atoms with van der Waals surface area (Å²) in [4.78, 5) is 12.2. The number of carbonyl (C=O) groups excluding carboxylic acids is 1. The van der Waals surface area contributed by atoms with E-state index in [2.05, 4.69) is 13.8 Å². The Labute approximate surface area is 110 Å². The second-order valence-electron chi connectivity index (χ2n) is 5.30. The van der Waals surface area contributed by atoms with Crippen LogP contribution in [0.3, 0.4) is 0 Å². The molecule has 1 unspecified atom stereocenters. The number of rotatable bonds is 7. The van der Waals surface area contributed by atoms with Gasteiger partial charge in [0.05, 0.1) is 6.61 Å². The zero-order valence-electron chi connectivity index (χ0n) is 11.6. The lowest BCUT2D eigenvalue weighted by Crippen LogP contribution is -2.15. The highest BCUT2D eigenvalue weighted by Crippen LogP contribution is 2.27. The van der Waals surface area contributed by atoms with Crippen LogP contribution in [-0.4, -0.2) is 10.9 Å². The van der Waals surface area contributed by atoms with Crippen molar-refractivity contribution in [1.82, 2.24) is 0 Å². The van der Waals surface area contributed by atoms with Gasteiger partial charge in [-0.2, -0.15) is 0 Å². The molecule has 0 aliphatic rings. The lowest BCUT2D eigenvalue weighted by Gasteiger charge is -2.19. The first-order chi connectivity index (χ1) is 8.58. The van der Waals surface area contributed by atoms with Crippen molar-refractivity contribution in [1.29, 1.82) is 0 Å². The minimum atomic E-state index is -0.0172. The Morgan fingerprint density at radius 1 is 1.33 bits per heavy atom. The van der Waals surface area contributed by atoms with Crippen molar-refractivity contribution in [2.24, 2.45) is 5.92 Å². The summed E-state index contributed by atoms with van der Waals surface area (Å²) in [5.41, 5.74) is 1.93. The van der Waals surface area contributed by atoms with E-state index in [1.165, 1.54) is 0 Å². The molecule has 0 radical (unpaired) electrons. The van der Waals surface area contributed by atoms with E-state index in [1.807, 2.05) is 31.2 Å². The van der Waals surface area contributed by atoms with Gasteiger partial charge in [-0.1, -0.05) is 45.0 Å². The molecule has 1 aromatic carbocycles. The zero-order chi connectivity index (χ0) is 13.5. The van der Waals surface area contributed by atoms with Crippen molar-refractivity contribution in [2.75, 3.05) is 0 Å². The van der Waals surface area contributed by atoms with Crippen molar-refractivity contribution >= 4 is 5.78 Å². The van der Waals surface area contributed by atoms with Gasteiger partial charge in [-0.25, -0.2) is 0 Å². The van der Waals surface area contributed by atoms with Crippen LogP contribution in [0.4, 0.5) is 0 Å². The predicted octanol–water partition coefficient (Wildman–Crippen LogP) is 3.68. The summed E-state index contributed by atoms with van der Waals surface area (Å²) in [6, 6.07) is 7.77. The van der Waals surface area contributed by atoms with Crippen LogP contribution in [0.2, 0.25) is 0 Å². The van der Waals surface area contributed by atoms with E-state index in [0.29, 0.717) is 18.1 Å². The maximum absolute atomic E-state index is 12.2. The lowest BCUT2D eigenvalue weighted by molar-refractivity contribution is -0.120. The second kappa shape index (κ2) is 7.32. The van der Waals surface area contributed by atoms with Crippen LogP contribution in [0.1, 0.15) is 57.1 Å². The summed E-state index contributed by atoms with van der Waals surface area (Å²) in [6.45, 7) is 6.35. The van der Waals surface area contributed by atoms with Crippen molar-refractivity contribution in [3.63, 3.8) is 0 Å². The largest absolute Gasteiger partial charge is 0.392 e. The Bertz CT molecular complexity index is 382. The normalized spacial score (nSPS) is 12.7. The minimum Gasteiger partial charge on any atom is -0.392 e. The summed E-state index contributed by atoms with van der Waals surface area (Å²) < 4.78 is 0. The van der Waals surface area contributed by atoms with Crippen LogP contribution >= 0.6 is 0 Å². The molecule has 0 spiro atoms. The van der Waals surface area contributed by atoms with Gasteiger partial charge in [-0.3, -0.25) is 4.79 Å². The van der Waals surface area contributed by atoms with Crippen molar-refractivity contribution < 1.29 is 9.90 Å². The molecule has 1 N–H and O–H groups in total. The zero-order valence-corrected chi connectivity index (χ0v) is 11.6. The molecular formula is C16H24O2. The van der Waals surface area contributed by atoms with Crippen LogP contribution in [0.25, 0.3) is 0 Å². The second-order valence-corrected chi connectivity index (χ2v) is 5.30. The van der Waals surface area contributed by atoms with E-state index in [4.69, 9.17) is 0 Å². The molecule has 0 saturated heterocycles. The van der Waals surface area contributed by atoms with Gasteiger partial charge in [0.25, 0.3) is 0 Å². The molecule has 1 atom stereocenters. The van der Waals surface area contributed by atoms with Crippen molar-refractivity contribution in [3.05, 3.63) is 35.4 Å². The van der Waals surface area contributed by atoms with Gasteiger partial charge in [0.2, 0.25) is 0 Å². The Morgan fingerprint density at radius 2 is 2.06 bits per heavy atom. The molecule has 0 bridgehead atoms. The maximum Gasteiger partial charge on any atom is 0.140 e. The monoisotopic (exact) mass is 248 g/mol. The van der Waals surface area contributed by atoms with Crippen LogP contribution in [0, 0.1) is 5.92 Å². The van der Waals surface area contributed by atoms with Crippen LogP contribution in [-0.2, 0) is 11.4 Å². The first kappa shape index (κ1) is 14.9. The smallest absolute Gasteiger partial charge is 0.140 e. The molecule has 0 aliphatic heterocycles. The average Bonchev–Trinajstić information content (AvgIpc) is 2.36. The molecule has 0 amide bonds. The number of aliphatic hydroxyl groups is 1. The summed E-state index contributed by atoms with van der Waals surface area (Å²) in [5.74, 6) is 0.798. The SMILES string of the molecule is CCCC(=O)C(CC(C)C)c1cccc(CO)c1. The number of hydrogen-bond donors (Lipinski definition) is 1. The Hall–Kier alpha value is -1.15. The molecule has 100 valence electrons. The van der Waals surface area contributed by atoms with Crippen LogP contribution in [0.5, 0.6) is 0 Å². The van der Waals surface area contributed by atoms with E-state index in [-0.39, 0.29) is 12.5 Å². The van der Waals surface area contributed by atoms with E-state index in [9.17, 15) is 9.90 Å². The summed E-state index contributed by atoms with van der Waals surface area (Å²) in [7, 11) is 0. The highest BCUT2D eigenvalue weighted by atomic mass is 16.3. The maximum atomic E-state index is 12.2. The third-order valence-corrected chi connectivity index (χ3v) is 3.13. The molecule has 0 saturated carbocycles. The molecule has 1 rings (SSSR count). The number of carbonyl (C=O) groups is 1. The van der Waals surface area contributed by atoms with Gasteiger partial charge in [0.15, 0.2) is 0 Å². The molecule has 2 heteroatoms. The first-order valence-electron chi connectivity index (χ1n) is 6.80. The molecule has 1 aromatic rings. The Balaban J connectivity index is 2.96. The fourth-order valence-electron chi connectivity index (χ4n) is 2.25. The Morgan fingerprint density at radius 3 is 2.61 bits per heavy atom. The third kappa shape index (κ3) is 4.26. The standard InChI is InChI=1S/C16H24O2/c1-4-6-16(18)15(9-12(2)3)14-8-5-7-13(10-14)11-17/h5,7-8,10,12,15,17H,4,6,9,11H2,1-3H3. The number of Topliss-reactive ketones (excluding diaryl/α,β-unsaturated/α-hetero) is 1. The van der Waals surface area contributed by atoms with E-state index < -0.39 is 0 Å². The van der Waals surface area contributed by atoms with Crippen LogP contribution in [0.15, 0.2) is 24.3 Å². The van der Waals surface area contributed by atoms with Gasteiger partial charge in [0.1, 0.15) is 5.78 Å². The fraction of sp³-hybridized carbons (Fsp3) is 0.562. The fourth-order valence-corrected chi connectivity index (χ4v) is 2.25. The van der Waals surface area contributed by atoms with Crippen molar-refractivity contribution in [3.8, 4) is 0 Å². The highest BCUT2D eigenvalue weighted by molar-refractivity contribution is 5.85. The molecular weight excluding hydrogens is 224 g/mol. The van der Waals surface area contributed by atoms with Gasteiger partial charge in [0, 0.05) is 12.3 Å². The minimum absolute atomic E-state index is 0.0172. The average molecular weight is 248 g/mol. The number of ketones is 1. The summed E-state index contributed by atoms with van der Waals surface area (Å²) in [5, 5.41) is 9.18. The number of benzene rings is 1. The highest BCUT2D eigenvalue weighted by Gasteiger charge is 2.21. The Kier molecular flexibility index (Phi) is 6.06. The molecule has 0 heterocycles. The van der Waals surface area contributed by atoms with E-state index >= 15 is 0 Å². The van der Waals surface area contributed by atoms with Gasteiger partial charge in [-0.15, -0.1) is 0 Å². The molecule has 2 nitrogen and oxygen atoms in total. The first-order valence-corrected chi connectivity index (χ1v) is 6.80. The van der Waals surface area contributed by atoms with Gasteiger partial charge >= 0.3 is 0 Å². The van der Waals surface area contributed by atoms with Gasteiger partial charge < -0.3 is 5.11 Å². The molecule has 0 fully saturated rings. The third-order valence-electron chi connectivity index (χ3n) is 3.13. The van der Waals surface area contributed by atoms with E-state index in [0.717, 1.165) is 24.0 Å². The topological polar surface area (TPSA) is 37.3 Å². The predicted molar refractivity (Wildman–Crippen MR) is 74.5 cm³/mol. The van der Waals surface area contributed by atoms with E-state index in [1.54, 1.807) is 0 Å². The summed E-state index contributed by atoms with van der Waals surface area (Å²) in [6.07, 6.45) is 2.42. The lowest BCUT2D eigenvalue weighted by atomic mass is 9.85. The molecule has 18 heavy (non-hydrogen) atoms. The van der Waals surface area contributed by atoms with Crippen LogP contribution < -0.4 is 0 Å². The number of hydrogen-bond acceptors (Lipinski definition) is 2. The number of aliphatic hydroxyl groups excluding tert-OH is 1. The quantitative estimate of drug-likeness (QED) is 0.799.